The summed E-state index contributed by atoms with van der Waals surface area (Å²) >= 11 is 0. The van der Waals surface area contributed by atoms with Crippen LogP contribution in [0.3, 0.4) is 0 Å². The molecule has 7 nitrogen and oxygen atoms in total. The lowest BCUT2D eigenvalue weighted by atomic mass is 10.0. The van der Waals surface area contributed by atoms with Crippen LogP contribution in [0.4, 0.5) is 10.1 Å². The zero-order valence-corrected chi connectivity index (χ0v) is 14.6. The summed E-state index contributed by atoms with van der Waals surface area (Å²) < 4.78 is 18.7. The van der Waals surface area contributed by atoms with E-state index in [1.807, 2.05) is 0 Å². The van der Waals surface area contributed by atoms with Gasteiger partial charge in [-0.05, 0) is 23.8 Å². The van der Waals surface area contributed by atoms with Crippen molar-refractivity contribution >= 4 is 11.6 Å². The monoisotopic (exact) mass is 373 g/mol. The summed E-state index contributed by atoms with van der Waals surface area (Å²) in [6.45, 7) is 2.77. The van der Waals surface area contributed by atoms with E-state index in [0.717, 1.165) is 5.56 Å². The number of benzene rings is 2. The third-order valence-corrected chi connectivity index (χ3v) is 4.54. The maximum absolute atomic E-state index is 13.3. The molecule has 27 heavy (non-hydrogen) atoms. The number of rotatable bonds is 6. The van der Waals surface area contributed by atoms with E-state index in [1.165, 1.54) is 30.3 Å². The third-order valence-electron chi connectivity index (χ3n) is 4.54. The van der Waals surface area contributed by atoms with E-state index >= 15 is 0 Å². The summed E-state index contributed by atoms with van der Waals surface area (Å²) in [7, 11) is 0. The van der Waals surface area contributed by atoms with Crippen molar-refractivity contribution in [3.05, 3.63) is 75.6 Å². The van der Waals surface area contributed by atoms with E-state index in [4.69, 9.17) is 4.74 Å². The highest BCUT2D eigenvalue weighted by molar-refractivity contribution is 5.98. The van der Waals surface area contributed by atoms with Gasteiger partial charge in [-0.15, -0.1) is 0 Å². The number of nitrogens with one attached hydrogen (secondary N) is 1. The smallest absolute Gasteiger partial charge is 0.282 e. The number of halogens is 1. The zero-order valence-electron chi connectivity index (χ0n) is 14.6. The van der Waals surface area contributed by atoms with Crippen molar-refractivity contribution in [1.82, 2.24) is 10.2 Å². The van der Waals surface area contributed by atoms with Crippen molar-refractivity contribution < 1.29 is 18.8 Å². The van der Waals surface area contributed by atoms with Gasteiger partial charge in [0.05, 0.1) is 24.2 Å². The molecule has 0 spiro atoms. The molecule has 0 aliphatic carbocycles. The molecule has 1 heterocycles. The first-order valence-corrected chi connectivity index (χ1v) is 8.65. The molecule has 0 aromatic heterocycles. The Bertz CT molecular complexity index is 807. The van der Waals surface area contributed by atoms with Crippen LogP contribution in [0.1, 0.15) is 22.0 Å². The number of amides is 1. The summed E-state index contributed by atoms with van der Waals surface area (Å²) in [5, 5.41) is 13.9. The second-order valence-corrected chi connectivity index (χ2v) is 6.20. The standard InChI is InChI=1S/C19H20FN3O4/c20-15-7-5-14(6-8-15)18(22-9-11-27-12-10-22)13-21-19(24)16-3-1-2-4-17(16)23(25)26/h1-8,18H,9-13H2,(H,21,24)/t18-/m1/s1. The molecule has 1 atom stereocenters. The molecular weight excluding hydrogens is 353 g/mol. The van der Waals surface area contributed by atoms with Gasteiger partial charge in [0.1, 0.15) is 11.4 Å². The van der Waals surface area contributed by atoms with Gasteiger partial charge >= 0.3 is 0 Å². The maximum atomic E-state index is 13.3. The van der Waals surface area contributed by atoms with Crippen LogP contribution in [0.5, 0.6) is 0 Å². The van der Waals surface area contributed by atoms with Gasteiger partial charge in [-0.25, -0.2) is 4.39 Å². The number of hydrogen-bond donors (Lipinski definition) is 1. The highest BCUT2D eigenvalue weighted by atomic mass is 19.1. The fraction of sp³-hybridized carbons (Fsp3) is 0.316. The molecule has 1 aliphatic heterocycles. The van der Waals surface area contributed by atoms with Crippen LogP contribution < -0.4 is 5.32 Å². The molecule has 1 amide bonds. The molecular formula is C19H20FN3O4. The Balaban J connectivity index is 1.77. The molecule has 142 valence electrons. The Morgan fingerprint density at radius 3 is 2.52 bits per heavy atom. The van der Waals surface area contributed by atoms with Gasteiger partial charge in [-0.3, -0.25) is 19.8 Å². The van der Waals surface area contributed by atoms with E-state index in [1.54, 1.807) is 18.2 Å². The molecule has 8 heteroatoms. The van der Waals surface area contributed by atoms with Gasteiger partial charge in [-0.2, -0.15) is 0 Å². The predicted molar refractivity (Wildman–Crippen MR) is 97.0 cm³/mol. The number of nitro benzene ring substituents is 1. The molecule has 0 saturated carbocycles. The minimum absolute atomic E-state index is 0.0160. The average Bonchev–Trinajstić information content (AvgIpc) is 2.70. The lowest BCUT2D eigenvalue weighted by Gasteiger charge is -2.35. The predicted octanol–water partition coefficient (Wildman–Crippen LogP) is 2.54. The van der Waals surface area contributed by atoms with Crippen LogP contribution in [0.25, 0.3) is 0 Å². The fourth-order valence-electron chi connectivity index (χ4n) is 3.14. The van der Waals surface area contributed by atoms with E-state index in [-0.39, 0.29) is 29.7 Å². The number of ether oxygens (including phenoxy) is 1. The minimum Gasteiger partial charge on any atom is -0.379 e. The summed E-state index contributed by atoms with van der Waals surface area (Å²) in [6, 6.07) is 11.8. The Hall–Kier alpha value is -2.84. The minimum atomic E-state index is -0.575. The maximum Gasteiger partial charge on any atom is 0.282 e. The Kier molecular flexibility index (Phi) is 6.10. The first kappa shape index (κ1) is 18.9. The topological polar surface area (TPSA) is 84.7 Å². The number of carbonyl (C=O) groups is 1. The molecule has 0 bridgehead atoms. The van der Waals surface area contributed by atoms with E-state index in [2.05, 4.69) is 10.2 Å². The molecule has 1 aliphatic rings. The first-order chi connectivity index (χ1) is 13.1. The van der Waals surface area contributed by atoms with E-state index in [0.29, 0.717) is 26.3 Å². The first-order valence-electron chi connectivity index (χ1n) is 8.65. The number of hydrogen-bond acceptors (Lipinski definition) is 5. The van der Waals surface area contributed by atoms with Gasteiger partial charge in [0.15, 0.2) is 0 Å². The summed E-state index contributed by atoms with van der Waals surface area (Å²) in [4.78, 5) is 25.2. The molecule has 2 aromatic rings. The van der Waals surface area contributed by atoms with Crippen LogP contribution >= 0.6 is 0 Å². The molecule has 2 aromatic carbocycles. The van der Waals surface area contributed by atoms with Crippen LogP contribution in [-0.2, 0) is 4.74 Å². The zero-order chi connectivity index (χ0) is 19.2. The molecule has 0 radical (unpaired) electrons. The molecule has 1 fully saturated rings. The lowest BCUT2D eigenvalue weighted by Crippen LogP contribution is -2.43. The number of para-hydroxylation sites is 1. The van der Waals surface area contributed by atoms with Crippen molar-refractivity contribution in [1.29, 1.82) is 0 Å². The van der Waals surface area contributed by atoms with Gasteiger partial charge in [0.2, 0.25) is 0 Å². The molecule has 0 unspecified atom stereocenters. The van der Waals surface area contributed by atoms with Crippen LogP contribution in [0.2, 0.25) is 0 Å². The van der Waals surface area contributed by atoms with Crippen LogP contribution in [-0.4, -0.2) is 48.6 Å². The number of nitrogens with zero attached hydrogens (tertiary/aromatic N) is 2. The lowest BCUT2D eigenvalue weighted by molar-refractivity contribution is -0.385. The normalized spacial score (nSPS) is 15.9. The SMILES string of the molecule is O=C(NC[C@H](c1ccc(F)cc1)N1CCOCC1)c1ccccc1[N+](=O)[O-]. The largest absolute Gasteiger partial charge is 0.379 e. The average molecular weight is 373 g/mol. The van der Waals surface area contributed by atoms with Gasteiger partial charge in [0, 0.05) is 25.7 Å². The van der Waals surface area contributed by atoms with Crippen molar-refractivity contribution in [3.63, 3.8) is 0 Å². The quantitative estimate of drug-likeness (QED) is 0.621. The van der Waals surface area contributed by atoms with Crippen LogP contribution in [0.15, 0.2) is 48.5 Å². The number of nitro groups is 1. The molecule has 1 N–H and O–H groups in total. The Morgan fingerprint density at radius 1 is 1.19 bits per heavy atom. The summed E-state index contributed by atoms with van der Waals surface area (Å²) in [6.07, 6.45) is 0. The molecule has 1 saturated heterocycles. The Labute approximate surface area is 155 Å². The molecule has 3 rings (SSSR count). The number of morpholine rings is 1. The second-order valence-electron chi connectivity index (χ2n) is 6.20. The van der Waals surface area contributed by atoms with Crippen molar-refractivity contribution in [3.8, 4) is 0 Å². The van der Waals surface area contributed by atoms with Crippen molar-refractivity contribution in [2.45, 2.75) is 6.04 Å². The third kappa shape index (κ3) is 4.66. The summed E-state index contributed by atoms with van der Waals surface area (Å²) in [5.74, 6) is -0.842. The highest BCUT2D eigenvalue weighted by Gasteiger charge is 2.25. The second kappa shape index (κ2) is 8.70. The van der Waals surface area contributed by atoms with Crippen molar-refractivity contribution in [2.75, 3.05) is 32.8 Å². The summed E-state index contributed by atoms with van der Waals surface area (Å²) in [5.41, 5.74) is 0.642. The fourth-order valence-corrected chi connectivity index (χ4v) is 3.14. The van der Waals surface area contributed by atoms with Gasteiger partial charge in [-0.1, -0.05) is 24.3 Å². The highest BCUT2D eigenvalue weighted by Crippen LogP contribution is 2.23. The van der Waals surface area contributed by atoms with Crippen LogP contribution in [0, 0.1) is 15.9 Å². The number of carbonyl (C=O) groups excluding carboxylic acids is 1. The van der Waals surface area contributed by atoms with Gasteiger partial charge in [0.25, 0.3) is 11.6 Å². The van der Waals surface area contributed by atoms with E-state index < -0.39 is 10.8 Å². The van der Waals surface area contributed by atoms with Gasteiger partial charge < -0.3 is 10.1 Å². The Morgan fingerprint density at radius 2 is 1.85 bits per heavy atom. The van der Waals surface area contributed by atoms with E-state index in [9.17, 15) is 19.3 Å². The van der Waals surface area contributed by atoms with Crippen molar-refractivity contribution in [2.24, 2.45) is 0 Å².